The first-order chi connectivity index (χ1) is 15.0. The van der Waals surface area contributed by atoms with E-state index < -0.39 is 0 Å². The Morgan fingerprint density at radius 1 is 1.16 bits per heavy atom. The van der Waals surface area contributed by atoms with Gasteiger partial charge in [-0.25, -0.2) is 0 Å². The highest BCUT2D eigenvalue weighted by Crippen LogP contribution is 2.42. The zero-order chi connectivity index (χ0) is 21.8. The van der Waals surface area contributed by atoms with Gasteiger partial charge < -0.3 is 18.9 Å². The van der Waals surface area contributed by atoms with Crippen molar-refractivity contribution in [1.29, 1.82) is 0 Å². The first-order valence-electron chi connectivity index (χ1n) is 11.5. The highest BCUT2D eigenvalue weighted by Gasteiger charge is 2.31. The van der Waals surface area contributed by atoms with Crippen LogP contribution in [0.3, 0.4) is 0 Å². The van der Waals surface area contributed by atoms with Crippen LogP contribution in [0.1, 0.15) is 50.3 Å². The standard InChI is InChI=1S/C26H35NO3S/c1-4-19-5-7-24-21(13-19)15-26(2,3)18-27(24)31-23-6-8-25(22(14-23)16-28)30-17-20-9-11-29-12-10-20/h5-8,13-14,20,28H,4,9-12,15-18H2,1-3H3. The fraction of sp³-hybridized carbons (Fsp3) is 0.538. The Hall–Kier alpha value is -1.69. The summed E-state index contributed by atoms with van der Waals surface area (Å²) >= 11 is 1.76. The number of rotatable bonds is 7. The lowest BCUT2D eigenvalue weighted by atomic mass is 9.81. The molecule has 0 spiro atoms. The first-order valence-corrected chi connectivity index (χ1v) is 12.3. The van der Waals surface area contributed by atoms with Gasteiger partial charge in [0.2, 0.25) is 0 Å². The Morgan fingerprint density at radius 3 is 2.71 bits per heavy atom. The number of anilines is 1. The summed E-state index contributed by atoms with van der Waals surface area (Å²) in [4.78, 5) is 1.13. The summed E-state index contributed by atoms with van der Waals surface area (Å²) < 4.78 is 13.9. The van der Waals surface area contributed by atoms with E-state index >= 15 is 0 Å². The number of benzene rings is 2. The SMILES string of the molecule is CCc1ccc2c(c1)CC(C)(C)CN2Sc1ccc(OCC2CCOCC2)c(CO)c1. The van der Waals surface area contributed by atoms with Gasteiger partial charge in [-0.2, -0.15) is 0 Å². The second-order valence-electron chi connectivity index (χ2n) is 9.58. The third-order valence-corrected chi connectivity index (χ3v) is 7.31. The molecule has 4 nitrogen and oxygen atoms in total. The van der Waals surface area contributed by atoms with Gasteiger partial charge in [-0.15, -0.1) is 0 Å². The Bertz CT molecular complexity index is 892. The van der Waals surface area contributed by atoms with E-state index in [2.05, 4.69) is 55.4 Å². The maximum absolute atomic E-state index is 9.96. The van der Waals surface area contributed by atoms with Crippen molar-refractivity contribution in [2.24, 2.45) is 11.3 Å². The summed E-state index contributed by atoms with van der Waals surface area (Å²) in [6.07, 6.45) is 4.27. The van der Waals surface area contributed by atoms with E-state index in [1.807, 2.05) is 6.07 Å². The van der Waals surface area contributed by atoms with Crippen LogP contribution < -0.4 is 9.04 Å². The predicted molar refractivity (Wildman–Crippen MR) is 128 cm³/mol. The lowest BCUT2D eigenvalue weighted by molar-refractivity contribution is 0.0494. The van der Waals surface area contributed by atoms with E-state index in [-0.39, 0.29) is 12.0 Å². The number of fused-ring (bicyclic) bond motifs is 1. The van der Waals surface area contributed by atoms with Crippen LogP contribution in [0.4, 0.5) is 5.69 Å². The molecule has 0 unspecified atom stereocenters. The molecule has 31 heavy (non-hydrogen) atoms. The van der Waals surface area contributed by atoms with Crippen LogP contribution in [0.5, 0.6) is 5.75 Å². The van der Waals surface area contributed by atoms with Crippen molar-refractivity contribution in [2.45, 2.75) is 58.0 Å². The minimum Gasteiger partial charge on any atom is -0.493 e. The van der Waals surface area contributed by atoms with Gasteiger partial charge >= 0.3 is 0 Å². The van der Waals surface area contributed by atoms with E-state index in [0.29, 0.717) is 12.5 Å². The van der Waals surface area contributed by atoms with E-state index in [1.165, 1.54) is 16.8 Å². The molecule has 1 saturated heterocycles. The number of hydrogen-bond acceptors (Lipinski definition) is 5. The lowest BCUT2D eigenvalue weighted by Crippen LogP contribution is -2.36. The number of aliphatic hydroxyl groups is 1. The van der Waals surface area contributed by atoms with Crippen molar-refractivity contribution in [3.8, 4) is 5.75 Å². The van der Waals surface area contributed by atoms with Gasteiger partial charge in [0.15, 0.2) is 0 Å². The molecule has 2 aromatic rings. The Labute approximate surface area is 191 Å². The van der Waals surface area contributed by atoms with Crippen LogP contribution in [-0.4, -0.2) is 31.5 Å². The smallest absolute Gasteiger partial charge is 0.124 e. The van der Waals surface area contributed by atoms with E-state index in [9.17, 15) is 5.11 Å². The maximum atomic E-state index is 9.96. The van der Waals surface area contributed by atoms with Crippen molar-refractivity contribution in [1.82, 2.24) is 0 Å². The van der Waals surface area contributed by atoms with Crippen LogP contribution in [0, 0.1) is 11.3 Å². The third kappa shape index (κ3) is 5.57. The largest absolute Gasteiger partial charge is 0.493 e. The van der Waals surface area contributed by atoms with Crippen LogP contribution in [0.25, 0.3) is 0 Å². The van der Waals surface area contributed by atoms with Gasteiger partial charge in [-0.1, -0.05) is 32.9 Å². The molecule has 2 aliphatic rings. The maximum Gasteiger partial charge on any atom is 0.124 e. The molecule has 4 rings (SSSR count). The Kier molecular flexibility index (Phi) is 7.15. The summed E-state index contributed by atoms with van der Waals surface area (Å²) in [6, 6.07) is 13.1. The van der Waals surface area contributed by atoms with Gasteiger partial charge in [-0.3, -0.25) is 0 Å². The minimum atomic E-state index is -0.0144. The highest BCUT2D eigenvalue weighted by molar-refractivity contribution is 8.00. The van der Waals surface area contributed by atoms with Crippen LogP contribution in [0.2, 0.25) is 0 Å². The van der Waals surface area contributed by atoms with Crippen LogP contribution in [-0.2, 0) is 24.2 Å². The number of ether oxygens (including phenoxy) is 2. The number of aryl methyl sites for hydroxylation is 1. The van der Waals surface area contributed by atoms with Crippen molar-refractivity contribution >= 4 is 17.6 Å². The number of hydrogen-bond donors (Lipinski definition) is 1. The summed E-state index contributed by atoms with van der Waals surface area (Å²) in [7, 11) is 0. The molecule has 168 valence electrons. The molecular weight excluding hydrogens is 406 g/mol. The molecule has 2 heterocycles. The fourth-order valence-electron chi connectivity index (χ4n) is 4.50. The van der Waals surface area contributed by atoms with Crippen molar-refractivity contribution < 1.29 is 14.6 Å². The van der Waals surface area contributed by atoms with Crippen molar-refractivity contribution in [3.63, 3.8) is 0 Å². The summed E-state index contributed by atoms with van der Waals surface area (Å²) in [5.74, 6) is 1.33. The molecule has 0 bridgehead atoms. The molecule has 0 atom stereocenters. The second-order valence-corrected chi connectivity index (χ2v) is 10.7. The predicted octanol–water partition coefficient (Wildman–Crippen LogP) is 5.64. The monoisotopic (exact) mass is 441 g/mol. The van der Waals surface area contributed by atoms with E-state index in [1.54, 1.807) is 11.9 Å². The normalized spacial score (nSPS) is 18.6. The van der Waals surface area contributed by atoms with Crippen molar-refractivity contribution in [3.05, 3.63) is 53.1 Å². The molecule has 1 fully saturated rings. The summed E-state index contributed by atoms with van der Waals surface area (Å²) in [5, 5.41) is 9.96. The van der Waals surface area contributed by atoms with Gasteiger partial charge in [0.1, 0.15) is 5.75 Å². The zero-order valence-corrected chi connectivity index (χ0v) is 19.8. The molecule has 0 radical (unpaired) electrons. The molecule has 0 amide bonds. The zero-order valence-electron chi connectivity index (χ0n) is 19.0. The third-order valence-electron chi connectivity index (χ3n) is 6.29. The highest BCUT2D eigenvalue weighted by atomic mass is 32.2. The van der Waals surface area contributed by atoms with Crippen molar-refractivity contribution in [2.75, 3.05) is 30.7 Å². The second kappa shape index (κ2) is 9.85. The molecule has 2 aromatic carbocycles. The number of nitrogens with zero attached hydrogens (tertiary/aromatic N) is 1. The fourth-order valence-corrected chi connectivity index (χ4v) is 5.76. The molecule has 1 N–H and O–H groups in total. The Morgan fingerprint density at radius 2 is 1.97 bits per heavy atom. The molecule has 0 aliphatic carbocycles. The van der Waals surface area contributed by atoms with E-state index in [0.717, 1.165) is 61.7 Å². The topological polar surface area (TPSA) is 41.9 Å². The molecule has 0 saturated carbocycles. The summed E-state index contributed by atoms with van der Waals surface area (Å²) in [5.41, 5.74) is 5.22. The lowest BCUT2D eigenvalue weighted by Gasteiger charge is -2.40. The molecule has 0 aromatic heterocycles. The quantitative estimate of drug-likeness (QED) is 0.563. The Balaban J connectivity index is 1.50. The minimum absolute atomic E-state index is 0.0144. The van der Waals surface area contributed by atoms with Gasteiger partial charge in [0, 0.05) is 30.2 Å². The van der Waals surface area contributed by atoms with Crippen LogP contribution in [0.15, 0.2) is 41.3 Å². The van der Waals surface area contributed by atoms with Gasteiger partial charge in [0.05, 0.1) is 18.9 Å². The van der Waals surface area contributed by atoms with Gasteiger partial charge in [0.25, 0.3) is 0 Å². The average molecular weight is 442 g/mol. The molecule has 5 heteroatoms. The first kappa shape index (κ1) is 22.5. The summed E-state index contributed by atoms with van der Waals surface area (Å²) in [6.45, 7) is 10.2. The molecular formula is C26H35NO3S. The molecule has 2 aliphatic heterocycles. The van der Waals surface area contributed by atoms with E-state index in [4.69, 9.17) is 9.47 Å². The number of aliphatic hydroxyl groups excluding tert-OH is 1. The van der Waals surface area contributed by atoms with Gasteiger partial charge in [-0.05, 0) is 84.4 Å². The van der Waals surface area contributed by atoms with Crippen LogP contribution >= 0.6 is 11.9 Å². The average Bonchev–Trinajstić information content (AvgIpc) is 2.77.